The van der Waals surface area contributed by atoms with Gasteiger partial charge in [-0.05, 0) is 38.0 Å². The van der Waals surface area contributed by atoms with Crippen LogP contribution < -0.4 is 0 Å². The summed E-state index contributed by atoms with van der Waals surface area (Å²) in [5.74, 6) is 1.43. The standard InChI is InChI=1S/C14H15N7O/c1-8-15-13(19-16-8)12-3-2-6-21(12)14(22)9-4-5-10-11(7-9)18-20-17-10/h4-5,7,12H,2-3,6H2,1H3,(H,15,16,19)(H,17,18,20)/t12-/m1/s1. The third-order valence-corrected chi connectivity index (χ3v) is 3.99. The number of hydrogen-bond donors (Lipinski definition) is 2. The van der Waals surface area contributed by atoms with Gasteiger partial charge in [0.1, 0.15) is 16.9 Å². The highest BCUT2D eigenvalue weighted by Gasteiger charge is 2.33. The first-order valence-corrected chi connectivity index (χ1v) is 7.23. The van der Waals surface area contributed by atoms with Crippen molar-refractivity contribution in [2.45, 2.75) is 25.8 Å². The topological polar surface area (TPSA) is 103 Å². The molecular formula is C14H15N7O. The fourth-order valence-electron chi connectivity index (χ4n) is 2.93. The first-order valence-electron chi connectivity index (χ1n) is 7.23. The van der Waals surface area contributed by atoms with Crippen molar-refractivity contribution < 1.29 is 4.79 Å². The molecule has 0 spiro atoms. The van der Waals surface area contributed by atoms with Crippen molar-refractivity contribution >= 4 is 16.9 Å². The van der Waals surface area contributed by atoms with Crippen LogP contribution >= 0.6 is 0 Å². The van der Waals surface area contributed by atoms with Gasteiger partial charge in [0, 0.05) is 12.1 Å². The van der Waals surface area contributed by atoms with Crippen LogP contribution in [0.15, 0.2) is 18.2 Å². The van der Waals surface area contributed by atoms with Crippen molar-refractivity contribution in [2.24, 2.45) is 0 Å². The summed E-state index contributed by atoms with van der Waals surface area (Å²) in [6, 6.07) is 5.28. The van der Waals surface area contributed by atoms with E-state index in [2.05, 4.69) is 30.6 Å². The highest BCUT2D eigenvalue weighted by Crippen LogP contribution is 2.31. The van der Waals surface area contributed by atoms with Crippen LogP contribution in [0, 0.1) is 6.92 Å². The van der Waals surface area contributed by atoms with Gasteiger partial charge in [0.15, 0.2) is 5.82 Å². The van der Waals surface area contributed by atoms with E-state index in [0.29, 0.717) is 23.4 Å². The minimum absolute atomic E-state index is 0.0187. The largest absolute Gasteiger partial charge is 0.328 e. The van der Waals surface area contributed by atoms with E-state index in [-0.39, 0.29) is 11.9 Å². The molecule has 3 heterocycles. The average Bonchev–Trinajstić information content (AvgIpc) is 3.25. The summed E-state index contributed by atoms with van der Waals surface area (Å²) in [5, 5.41) is 17.6. The molecule has 1 aliphatic heterocycles. The molecule has 3 aromatic rings. The molecule has 0 radical (unpaired) electrons. The third kappa shape index (κ3) is 2.03. The summed E-state index contributed by atoms with van der Waals surface area (Å²) in [7, 11) is 0. The molecule has 1 aliphatic rings. The van der Waals surface area contributed by atoms with Gasteiger partial charge in [0.2, 0.25) is 0 Å². The van der Waals surface area contributed by atoms with E-state index >= 15 is 0 Å². The minimum Gasteiger partial charge on any atom is -0.328 e. The lowest BCUT2D eigenvalue weighted by molar-refractivity contribution is 0.0730. The van der Waals surface area contributed by atoms with Gasteiger partial charge in [-0.25, -0.2) is 4.98 Å². The normalized spacial score (nSPS) is 18.2. The molecule has 2 aromatic heterocycles. The highest BCUT2D eigenvalue weighted by molar-refractivity contribution is 5.97. The Hall–Kier alpha value is -2.77. The molecule has 0 bridgehead atoms. The van der Waals surface area contributed by atoms with Crippen molar-refractivity contribution in [3.8, 4) is 0 Å². The maximum atomic E-state index is 12.8. The molecule has 8 nitrogen and oxygen atoms in total. The number of hydrogen-bond acceptors (Lipinski definition) is 5. The Kier molecular flexibility index (Phi) is 2.88. The number of nitrogens with zero attached hydrogens (tertiary/aromatic N) is 5. The van der Waals surface area contributed by atoms with Gasteiger partial charge in [0.25, 0.3) is 5.91 Å². The van der Waals surface area contributed by atoms with Gasteiger partial charge in [-0.2, -0.15) is 20.5 Å². The van der Waals surface area contributed by atoms with Crippen LogP contribution in [-0.4, -0.2) is 47.9 Å². The highest BCUT2D eigenvalue weighted by atomic mass is 16.2. The zero-order valence-corrected chi connectivity index (χ0v) is 12.1. The van der Waals surface area contributed by atoms with Gasteiger partial charge in [0.05, 0.1) is 6.04 Å². The number of benzene rings is 1. The monoisotopic (exact) mass is 297 g/mol. The zero-order valence-electron chi connectivity index (χ0n) is 12.1. The summed E-state index contributed by atoms with van der Waals surface area (Å²) < 4.78 is 0. The van der Waals surface area contributed by atoms with Crippen molar-refractivity contribution in [1.29, 1.82) is 0 Å². The predicted molar refractivity (Wildman–Crippen MR) is 78.0 cm³/mol. The Labute approximate surface area is 125 Å². The van der Waals surface area contributed by atoms with E-state index in [1.54, 1.807) is 18.2 Å². The molecule has 1 fully saturated rings. The van der Waals surface area contributed by atoms with E-state index in [4.69, 9.17) is 0 Å². The molecule has 1 aromatic carbocycles. The number of H-pyrrole nitrogens is 2. The number of aromatic amines is 2. The second-order valence-electron chi connectivity index (χ2n) is 5.46. The van der Waals surface area contributed by atoms with Crippen LogP contribution in [0.2, 0.25) is 0 Å². The van der Waals surface area contributed by atoms with E-state index in [0.717, 1.165) is 24.2 Å². The van der Waals surface area contributed by atoms with Crippen LogP contribution in [0.3, 0.4) is 0 Å². The molecule has 2 N–H and O–H groups in total. The lowest BCUT2D eigenvalue weighted by Gasteiger charge is -2.22. The SMILES string of the molecule is Cc1nc([C@H]2CCCN2C(=O)c2ccc3n[nH]nc3c2)n[nH]1. The quantitative estimate of drug-likeness (QED) is 0.743. The third-order valence-electron chi connectivity index (χ3n) is 3.99. The zero-order chi connectivity index (χ0) is 15.1. The maximum Gasteiger partial charge on any atom is 0.254 e. The smallest absolute Gasteiger partial charge is 0.254 e. The number of amides is 1. The molecule has 1 saturated heterocycles. The fraction of sp³-hybridized carbons (Fsp3) is 0.357. The molecule has 4 rings (SSSR count). The number of likely N-dealkylation sites (tertiary alicyclic amines) is 1. The van der Waals surface area contributed by atoms with Crippen molar-refractivity contribution in [3.63, 3.8) is 0 Å². The summed E-state index contributed by atoms with van der Waals surface area (Å²) >= 11 is 0. The van der Waals surface area contributed by atoms with E-state index in [1.807, 2.05) is 11.8 Å². The molecule has 112 valence electrons. The van der Waals surface area contributed by atoms with Gasteiger partial charge in [-0.3, -0.25) is 9.89 Å². The number of carbonyl (C=O) groups is 1. The molecule has 1 atom stereocenters. The molecule has 0 saturated carbocycles. The van der Waals surface area contributed by atoms with Gasteiger partial charge in [-0.1, -0.05) is 0 Å². The number of rotatable bonds is 2. The number of carbonyl (C=O) groups excluding carboxylic acids is 1. The Balaban J connectivity index is 1.65. The van der Waals surface area contributed by atoms with Crippen molar-refractivity contribution in [1.82, 2.24) is 35.5 Å². The summed E-state index contributed by atoms with van der Waals surface area (Å²) in [6.45, 7) is 2.57. The lowest BCUT2D eigenvalue weighted by atomic mass is 10.1. The summed E-state index contributed by atoms with van der Waals surface area (Å²) in [6.07, 6.45) is 1.84. The van der Waals surface area contributed by atoms with Crippen LogP contribution in [0.25, 0.3) is 11.0 Å². The van der Waals surface area contributed by atoms with E-state index < -0.39 is 0 Å². The molecular weight excluding hydrogens is 282 g/mol. The second kappa shape index (κ2) is 4.90. The first kappa shape index (κ1) is 12.9. The van der Waals surface area contributed by atoms with E-state index in [1.165, 1.54) is 0 Å². The summed E-state index contributed by atoms with van der Waals surface area (Å²) in [4.78, 5) is 19.0. The van der Waals surface area contributed by atoms with Crippen LogP contribution in [0.4, 0.5) is 0 Å². The van der Waals surface area contributed by atoms with Gasteiger partial charge >= 0.3 is 0 Å². The number of aromatic nitrogens is 6. The first-order chi connectivity index (χ1) is 10.7. The van der Waals surface area contributed by atoms with Gasteiger partial charge < -0.3 is 4.90 Å². The molecule has 1 amide bonds. The Morgan fingerprint density at radius 3 is 2.95 bits per heavy atom. The predicted octanol–water partition coefficient (Wildman–Crippen LogP) is 1.36. The molecule has 0 unspecified atom stereocenters. The molecule has 8 heteroatoms. The maximum absolute atomic E-state index is 12.8. The number of nitrogens with one attached hydrogen (secondary N) is 2. The second-order valence-corrected chi connectivity index (χ2v) is 5.46. The molecule has 0 aliphatic carbocycles. The number of aryl methyl sites for hydroxylation is 1. The fourth-order valence-corrected chi connectivity index (χ4v) is 2.93. The Morgan fingerprint density at radius 1 is 1.27 bits per heavy atom. The van der Waals surface area contributed by atoms with E-state index in [9.17, 15) is 4.79 Å². The van der Waals surface area contributed by atoms with Crippen LogP contribution in [0.5, 0.6) is 0 Å². The molecule has 22 heavy (non-hydrogen) atoms. The number of fused-ring (bicyclic) bond motifs is 1. The lowest BCUT2D eigenvalue weighted by Crippen LogP contribution is -2.31. The minimum atomic E-state index is -0.0644. The Bertz CT molecular complexity index is 836. The van der Waals surface area contributed by atoms with Crippen molar-refractivity contribution in [3.05, 3.63) is 35.4 Å². The Morgan fingerprint density at radius 2 is 2.14 bits per heavy atom. The summed E-state index contributed by atoms with van der Waals surface area (Å²) in [5.41, 5.74) is 2.05. The average molecular weight is 297 g/mol. The van der Waals surface area contributed by atoms with Gasteiger partial charge in [-0.15, -0.1) is 0 Å². The van der Waals surface area contributed by atoms with Crippen LogP contribution in [-0.2, 0) is 0 Å². The van der Waals surface area contributed by atoms with Crippen LogP contribution in [0.1, 0.15) is 40.9 Å². The van der Waals surface area contributed by atoms with Crippen molar-refractivity contribution in [2.75, 3.05) is 6.54 Å².